The largest absolute Gasteiger partial charge is 0.416 e. The van der Waals surface area contributed by atoms with Gasteiger partial charge in [0.1, 0.15) is 5.82 Å². The maximum Gasteiger partial charge on any atom is 0.416 e. The zero-order valence-corrected chi connectivity index (χ0v) is 8.47. The predicted molar refractivity (Wildman–Crippen MR) is 46.4 cm³/mol. The van der Waals surface area contributed by atoms with E-state index in [9.17, 15) is 17.6 Å². The van der Waals surface area contributed by atoms with Crippen molar-refractivity contribution in [3.05, 3.63) is 28.0 Å². The van der Waals surface area contributed by atoms with Crippen LogP contribution in [0.15, 0.2) is 21.5 Å². The molecule has 0 atom stereocenters. The van der Waals surface area contributed by atoms with Gasteiger partial charge in [-0.05, 0) is 28.1 Å². The molecule has 0 fully saturated rings. The van der Waals surface area contributed by atoms with Gasteiger partial charge in [0.15, 0.2) is 0 Å². The monoisotopic (exact) mass is 274 g/mol. The maximum absolute atomic E-state index is 12.8. The van der Waals surface area contributed by atoms with Gasteiger partial charge in [-0.25, -0.2) is 4.39 Å². The minimum atomic E-state index is -4.54. The average molecular weight is 275 g/mol. The standard InChI is InChI=1S/C7H3BrF4S/c8-4-1-3(7(10,11)12)2-5(9)6(4)13/h1-2,13H. The molecule has 0 N–H and O–H groups in total. The Balaban J connectivity index is 3.29. The van der Waals surface area contributed by atoms with Gasteiger partial charge < -0.3 is 0 Å². The Morgan fingerprint density at radius 1 is 1.23 bits per heavy atom. The normalized spacial score (nSPS) is 11.8. The molecule has 1 aromatic rings. The van der Waals surface area contributed by atoms with Crippen molar-refractivity contribution in [3.63, 3.8) is 0 Å². The second-order valence-corrected chi connectivity index (χ2v) is 3.59. The third-order valence-electron chi connectivity index (χ3n) is 1.34. The lowest BCUT2D eigenvalue weighted by atomic mass is 10.2. The summed E-state index contributed by atoms with van der Waals surface area (Å²) < 4.78 is 49.0. The topological polar surface area (TPSA) is 0 Å². The molecule has 0 heterocycles. The summed E-state index contributed by atoms with van der Waals surface area (Å²) in [5, 5.41) is 0. The lowest BCUT2D eigenvalue weighted by Crippen LogP contribution is -2.05. The molecule has 0 nitrogen and oxygen atoms in total. The Morgan fingerprint density at radius 3 is 2.15 bits per heavy atom. The number of thiol groups is 1. The maximum atomic E-state index is 12.8. The molecule has 1 rings (SSSR count). The van der Waals surface area contributed by atoms with Crippen LogP contribution in [0.25, 0.3) is 0 Å². The highest BCUT2D eigenvalue weighted by atomic mass is 79.9. The summed E-state index contributed by atoms with van der Waals surface area (Å²) in [5.74, 6) is -0.995. The molecule has 0 amide bonds. The number of hydrogen-bond acceptors (Lipinski definition) is 1. The molecule has 6 heteroatoms. The van der Waals surface area contributed by atoms with Crippen LogP contribution in [0, 0.1) is 5.82 Å². The number of alkyl halides is 3. The van der Waals surface area contributed by atoms with Crippen molar-refractivity contribution in [1.82, 2.24) is 0 Å². The first-order chi connectivity index (χ1) is 5.82. The van der Waals surface area contributed by atoms with Gasteiger partial charge in [-0.1, -0.05) is 0 Å². The van der Waals surface area contributed by atoms with E-state index in [0.717, 1.165) is 6.07 Å². The minimum absolute atomic E-state index is 0.0110. The summed E-state index contributed by atoms with van der Waals surface area (Å²) in [6, 6.07) is 1.19. The Morgan fingerprint density at radius 2 is 1.77 bits per heavy atom. The molecule has 0 unspecified atom stereocenters. The average Bonchev–Trinajstić information content (AvgIpc) is 1.97. The summed E-state index contributed by atoms with van der Waals surface area (Å²) in [7, 11) is 0. The first-order valence-electron chi connectivity index (χ1n) is 3.07. The van der Waals surface area contributed by atoms with Crippen LogP contribution in [-0.4, -0.2) is 0 Å². The fourth-order valence-corrected chi connectivity index (χ4v) is 1.29. The lowest BCUT2D eigenvalue weighted by molar-refractivity contribution is -0.137. The molecule has 0 aliphatic carbocycles. The molecule has 0 spiro atoms. The van der Waals surface area contributed by atoms with E-state index in [2.05, 4.69) is 28.6 Å². The van der Waals surface area contributed by atoms with Gasteiger partial charge in [0.25, 0.3) is 0 Å². The number of benzene rings is 1. The van der Waals surface area contributed by atoms with Crippen molar-refractivity contribution >= 4 is 28.6 Å². The molecule has 0 radical (unpaired) electrons. The van der Waals surface area contributed by atoms with Crippen molar-refractivity contribution in [2.24, 2.45) is 0 Å². The second kappa shape index (κ2) is 3.49. The quantitative estimate of drug-likeness (QED) is 0.539. The molecule has 0 saturated heterocycles. The SMILES string of the molecule is Fc1cc(C(F)(F)F)cc(Br)c1S. The second-order valence-electron chi connectivity index (χ2n) is 2.29. The van der Waals surface area contributed by atoms with Gasteiger partial charge >= 0.3 is 6.18 Å². The minimum Gasteiger partial charge on any atom is -0.206 e. The van der Waals surface area contributed by atoms with E-state index in [1.807, 2.05) is 0 Å². The molecule has 0 aliphatic heterocycles. The molecule has 0 saturated carbocycles. The first kappa shape index (κ1) is 10.8. The number of halogens is 5. The van der Waals surface area contributed by atoms with Gasteiger partial charge in [-0.3, -0.25) is 0 Å². The molecule has 13 heavy (non-hydrogen) atoms. The molecule has 1 aromatic carbocycles. The smallest absolute Gasteiger partial charge is 0.206 e. The molecule has 72 valence electrons. The van der Waals surface area contributed by atoms with E-state index >= 15 is 0 Å². The van der Waals surface area contributed by atoms with Crippen LogP contribution >= 0.6 is 28.6 Å². The predicted octanol–water partition coefficient (Wildman–Crippen LogP) is 3.90. The summed E-state index contributed by atoms with van der Waals surface area (Å²) >= 11 is 6.44. The molecule has 0 bridgehead atoms. The van der Waals surface area contributed by atoms with Crippen molar-refractivity contribution in [3.8, 4) is 0 Å². The highest BCUT2D eigenvalue weighted by Crippen LogP contribution is 2.34. The summed E-state index contributed by atoms with van der Waals surface area (Å²) in [6.45, 7) is 0. The highest BCUT2D eigenvalue weighted by Gasteiger charge is 2.31. The lowest BCUT2D eigenvalue weighted by Gasteiger charge is -2.08. The van der Waals surface area contributed by atoms with E-state index < -0.39 is 17.6 Å². The third kappa shape index (κ3) is 2.37. The Hall–Kier alpha value is -0.230. The number of rotatable bonds is 0. The van der Waals surface area contributed by atoms with Crippen molar-refractivity contribution in [2.45, 2.75) is 11.1 Å². The fourth-order valence-electron chi connectivity index (χ4n) is 0.729. The van der Waals surface area contributed by atoms with Gasteiger partial charge in [0.05, 0.1) is 10.5 Å². The number of hydrogen-bond donors (Lipinski definition) is 1. The van der Waals surface area contributed by atoms with Gasteiger partial charge in [0, 0.05) is 4.47 Å². The van der Waals surface area contributed by atoms with Crippen molar-refractivity contribution < 1.29 is 17.6 Å². The summed E-state index contributed by atoms with van der Waals surface area (Å²) in [5.41, 5.74) is -1.03. The van der Waals surface area contributed by atoms with E-state index in [4.69, 9.17) is 0 Å². The van der Waals surface area contributed by atoms with Crippen LogP contribution in [-0.2, 0) is 6.18 Å². The summed E-state index contributed by atoms with van der Waals surface area (Å²) in [4.78, 5) is -0.131. The van der Waals surface area contributed by atoms with Gasteiger partial charge in [-0.2, -0.15) is 13.2 Å². The molecule has 0 aliphatic rings. The Kier molecular flexibility index (Phi) is 2.91. The highest BCUT2D eigenvalue weighted by molar-refractivity contribution is 9.10. The van der Waals surface area contributed by atoms with Gasteiger partial charge in [-0.15, -0.1) is 12.6 Å². The van der Waals surface area contributed by atoms with Crippen LogP contribution in [0.5, 0.6) is 0 Å². The zero-order chi connectivity index (χ0) is 10.2. The van der Waals surface area contributed by atoms with Crippen molar-refractivity contribution in [2.75, 3.05) is 0 Å². The van der Waals surface area contributed by atoms with E-state index in [0.29, 0.717) is 6.07 Å². The van der Waals surface area contributed by atoms with Gasteiger partial charge in [0.2, 0.25) is 0 Å². The zero-order valence-electron chi connectivity index (χ0n) is 5.99. The molecule has 0 aromatic heterocycles. The van der Waals surface area contributed by atoms with E-state index in [1.165, 1.54) is 0 Å². The molecular weight excluding hydrogens is 272 g/mol. The Labute approximate surface area is 85.5 Å². The van der Waals surface area contributed by atoms with Crippen LogP contribution in [0.3, 0.4) is 0 Å². The van der Waals surface area contributed by atoms with Crippen LogP contribution in [0.1, 0.15) is 5.56 Å². The fraction of sp³-hybridized carbons (Fsp3) is 0.143. The first-order valence-corrected chi connectivity index (χ1v) is 4.31. The van der Waals surface area contributed by atoms with Crippen LogP contribution in [0.4, 0.5) is 17.6 Å². The van der Waals surface area contributed by atoms with Crippen molar-refractivity contribution in [1.29, 1.82) is 0 Å². The summed E-state index contributed by atoms with van der Waals surface area (Å²) in [6.07, 6.45) is -4.54. The molecular formula is C7H3BrF4S. The van der Waals surface area contributed by atoms with E-state index in [-0.39, 0.29) is 9.37 Å². The third-order valence-corrected chi connectivity index (χ3v) is 2.73. The van der Waals surface area contributed by atoms with Crippen LogP contribution < -0.4 is 0 Å². The van der Waals surface area contributed by atoms with E-state index in [1.54, 1.807) is 0 Å². The van der Waals surface area contributed by atoms with Crippen LogP contribution in [0.2, 0.25) is 0 Å². The Bertz CT molecular complexity index is 311.